The average Bonchev–Trinajstić information content (AvgIpc) is 2.75. The summed E-state index contributed by atoms with van der Waals surface area (Å²) in [6, 6.07) is 9.26. The second kappa shape index (κ2) is 7.32. The van der Waals surface area contributed by atoms with E-state index in [4.69, 9.17) is 4.74 Å². The molecule has 5 heterocycles. The summed E-state index contributed by atoms with van der Waals surface area (Å²) < 4.78 is 36.6. The van der Waals surface area contributed by atoms with Crippen molar-refractivity contribution in [1.82, 2.24) is 18.2 Å². The van der Waals surface area contributed by atoms with Gasteiger partial charge < -0.3 is 9.30 Å². The lowest BCUT2D eigenvalue weighted by molar-refractivity contribution is 0.0679. The van der Waals surface area contributed by atoms with Crippen LogP contribution in [-0.2, 0) is 21.5 Å². The predicted molar refractivity (Wildman–Crippen MR) is 108 cm³/mol. The number of aromatic nitrogens is 2. The van der Waals surface area contributed by atoms with Gasteiger partial charge in [0.25, 0.3) is 15.8 Å². The molecule has 0 aliphatic carbocycles. The number of nitrogens with zero attached hydrogens (tertiary/aromatic N) is 4. The van der Waals surface area contributed by atoms with Crippen LogP contribution >= 0.6 is 0 Å². The smallest absolute Gasteiger partial charge is 0.282 e. The van der Waals surface area contributed by atoms with E-state index in [9.17, 15) is 13.2 Å². The molecule has 3 aliphatic heterocycles. The Hall–Kier alpha value is -2.07. The van der Waals surface area contributed by atoms with Crippen LogP contribution in [0.4, 0.5) is 0 Å². The van der Waals surface area contributed by atoms with Crippen LogP contribution in [0.1, 0.15) is 18.0 Å². The topological polar surface area (TPSA) is 84.7 Å². The molecule has 29 heavy (non-hydrogen) atoms. The molecule has 5 rings (SSSR count). The highest BCUT2D eigenvalue weighted by Gasteiger charge is 2.41. The number of rotatable bonds is 3. The maximum Gasteiger partial charge on any atom is 0.282 e. The first-order chi connectivity index (χ1) is 14.0. The standard InChI is InChI=1S/C20H24N4O4S/c25-20-11-16(18-3-1-2-4-21-18)10-19-17-9-15(13-24(19)20)12-23(14-17)29(26,27)22-5-7-28-8-6-22/h1-4,10-11,15,17H,5-9,12-14H2/t15-,17+/m0/s1. The molecule has 0 saturated carbocycles. The lowest BCUT2D eigenvalue weighted by Crippen LogP contribution is -2.54. The molecular weight excluding hydrogens is 392 g/mol. The first kappa shape index (κ1) is 18.9. The fourth-order valence-corrected chi connectivity index (χ4v) is 6.43. The van der Waals surface area contributed by atoms with Crippen molar-refractivity contribution in [3.63, 3.8) is 0 Å². The van der Waals surface area contributed by atoms with E-state index < -0.39 is 10.2 Å². The lowest BCUT2D eigenvalue weighted by atomic mass is 9.83. The zero-order chi connectivity index (χ0) is 20.0. The summed E-state index contributed by atoms with van der Waals surface area (Å²) in [5.74, 6) is 0.158. The zero-order valence-electron chi connectivity index (χ0n) is 16.1. The van der Waals surface area contributed by atoms with Gasteiger partial charge in [-0.1, -0.05) is 6.07 Å². The second-order valence-electron chi connectivity index (χ2n) is 7.97. The van der Waals surface area contributed by atoms with Gasteiger partial charge in [-0.2, -0.15) is 17.0 Å². The van der Waals surface area contributed by atoms with Crippen LogP contribution in [0, 0.1) is 5.92 Å². The maximum atomic E-state index is 13.2. The summed E-state index contributed by atoms with van der Waals surface area (Å²) in [6.45, 7) is 3.09. The molecule has 0 N–H and O–H groups in total. The van der Waals surface area contributed by atoms with Gasteiger partial charge in [0.1, 0.15) is 0 Å². The van der Waals surface area contributed by atoms with E-state index in [1.165, 1.54) is 4.31 Å². The summed E-state index contributed by atoms with van der Waals surface area (Å²) in [5, 5.41) is 0. The first-order valence-corrected chi connectivity index (χ1v) is 11.4. The van der Waals surface area contributed by atoms with Crippen LogP contribution in [0.5, 0.6) is 0 Å². The molecule has 0 radical (unpaired) electrons. The molecular formula is C20H24N4O4S. The SMILES string of the molecule is O=c1cc(-c2ccccn2)cc2n1C[C@H]1C[C@@H]2CN(S(=O)(=O)N2CCOCC2)C1. The fourth-order valence-electron chi connectivity index (χ4n) is 4.73. The molecule has 2 bridgehead atoms. The maximum absolute atomic E-state index is 13.2. The van der Waals surface area contributed by atoms with Crippen LogP contribution in [0.15, 0.2) is 41.3 Å². The van der Waals surface area contributed by atoms with Crippen LogP contribution < -0.4 is 5.56 Å². The van der Waals surface area contributed by atoms with Gasteiger partial charge in [-0.15, -0.1) is 0 Å². The number of hydrogen-bond acceptors (Lipinski definition) is 5. The molecule has 8 nitrogen and oxygen atoms in total. The number of pyridine rings is 2. The molecule has 154 valence electrons. The molecule has 2 fully saturated rings. The molecule has 9 heteroatoms. The highest BCUT2D eigenvalue weighted by atomic mass is 32.2. The van der Waals surface area contributed by atoms with Crippen LogP contribution in [-0.4, -0.2) is 66.0 Å². The van der Waals surface area contributed by atoms with Gasteiger partial charge in [-0.25, -0.2) is 0 Å². The molecule has 3 aliphatic rings. The Morgan fingerprint density at radius 3 is 2.62 bits per heavy atom. The van der Waals surface area contributed by atoms with Crippen LogP contribution in [0.3, 0.4) is 0 Å². The molecule has 0 amide bonds. The van der Waals surface area contributed by atoms with Crippen molar-refractivity contribution >= 4 is 10.2 Å². The minimum absolute atomic E-state index is 0.00896. The second-order valence-corrected chi connectivity index (χ2v) is 9.90. The summed E-state index contributed by atoms with van der Waals surface area (Å²) in [7, 11) is -3.52. The van der Waals surface area contributed by atoms with Crippen LogP contribution in [0.25, 0.3) is 11.3 Å². The minimum atomic E-state index is -3.52. The van der Waals surface area contributed by atoms with Gasteiger partial charge in [0, 0.05) is 62.2 Å². The number of fused-ring (bicyclic) bond motifs is 4. The van der Waals surface area contributed by atoms with Crippen molar-refractivity contribution in [3.8, 4) is 11.3 Å². The highest BCUT2D eigenvalue weighted by molar-refractivity contribution is 7.86. The predicted octanol–water partition coefficient (Wildman–Crippen LogP) is 0.906. The third-order valence-corrected chi connectivity index (χ3v) is 8.07. The van der Waals surface area contributed by atoms with Gasteiger partial charge in [-0.3, -0.25) is 9.78 Å². The number of ether oxygens (including phenoxy) is 1. The van der Waals surface area contributed by atoms with E-state index in [1.54, 1.807) is 16.6 Å². The van der Waals surface area contributed by atoms with E-state index >= 15 is 0 Å². The third kappa shape index (κ3) is 3.42. The zero-order valence-corrected chi connectivity index (χ0v) is 16.9. The van der Waals surface area contributed by atoms with Crippen molar-refractivity contribution in [1.29, 1.82) is 0 Å². The highest BCUT2D eigenvalue weighted by Crippen LogP contribution is 2.37. The molecule has 2 saturated heterocycles. The summed E-state index contributed by atoms with van der Waals surface area (Å²) in [4.78, 5) is 17.2. The number of hydrogen-bond donors (Lipinski definition) is 0. The molecule has 2 atom stereocenters. The van der Waals surface area contributed by atoms with Crippen molar-refractivity contribution in [3.05, 3.63) is 52.6 Å². The molecule has 0 spiro atoms. The van der Waals surface area contributed by atoms with Gasteiger partial charge >= 0.3 is 0 Å². The van der Waals surface area contributed by atoms with Crippen molar-refractivity contribution < 1.29 is 13.2 Å². The molecule has 0 unspecified atom stereocenters. The Bertz CT molecular complexity index is 1060. The molecule has 0 aromatic carbocycles. The summed E-state index contributed by atoms with van der Waals surface area (Å²) in [6.07, 6.45) is 2.61. The van der Waals surface area contributed by atoms with E-state index in [0.29, 0.717) is 45.9 Å². The van der Waals surface area contributed by atoms with E-state index in [2.05, 4.69) is 4.98 Å². The normalized spacial score (nSPS) is 25.5. The average molecular weight is 417 g/mol. The minimum Gasteiger partial charge on any atom is -0.379 e. The quantitative estimate of drug-likeness (QED) is 0.743. The fraction of sp³-hybridized carbons (Fsp3) is 0.500. The summed E-state index contributed by atoms with van der Waals surface area (Å²) in [5.41, 5.74) is 2.41. The van der Waals surface area contributed by atoms with Crippen molar-refractivity contribution in [2.45, 2.75) is 18.9 Å². The Kier molecular flexibility index (Phi) is 4.78. The van der Waals surface area contributed by atoms with Gasteiger partial charge in [0.05, 0.1) is 18.9 Å². The van der Waals surface area contributed by atoms with Crippen LogP contribution in [0.2, 0.25) is 0 Å². The first-order valence-electron chi connectivity index (χ1n) is 10.0. The van der Waals surface area contributed by atoms with E-state index in [0.717, 1.165) is 23.4 Å². The van der Waals surface area contributed by atoms with Gasteiger partial charge in [-0.05, 0) is 30.5 Å². The Balaban J connectivity index is 1.48. The van der Waals surface area contributed by atoms with Crippen molar-refractivity contribution in [2.75, 3.05) is 39.4 Å². The largest absolute Gasteiger partial charge is 0.379 e. The van der Waals surface area contributed by atoms with E-state index in [1.807, 2.05) is 28.8 Å². The Morgan fingerprint density at radius 1 is 1.03 bits per heavy atom. The van der Waals surface area contributed by atoms with E-state index in [-0.39, 0.29) is 17.4 Å². The molecule has 2 aromatic rings. The van der Waals surface area contributed by atoms with Gasteiger partial charge in [0.2, 0.25) is 0 Å². The Morgan fingerprint density at radius 2 is 1.86 bits per heavy atom. The van der Waals surface area contributed by atoms with Gasteiger partial charge in [0.15, 0.2) is 0 Å². The number of piperidine rings is 1. The Labute approximate surface area is 169 Å². The lowest BCUT2D eigenvalue weighted by Gasteiger charge is -2.43. The summed E-state index contributed by atoms with van der Waals surface area (Å²) >= 11 is 0. The third-order valence-electron chi connectivity index (χ3n) is 6.11. The molecule has 2 aromatic heterocycles. The number of morpholine rings is 1. The van der Waals surface area contributed by atoms with Crippen molar-refractivity contribution in [2.24, 2.45) is 5.92 Å². The monoisotopic (exact) mass is 416 g/mol.